The summed E-state index contributed by atoms with van der Waals surface area (Å²) < 4.78 is 28.1. The second-order valence-corrected chi connectivity index (χ2v) is 12.4. The van der Waals surface area contributed by atoms with E-state index < -0.39 is 78.4 Å². The van der Waals surface area contributed by atoms with Gasteiger partial charge in [-0.2, -0.15) is 0 Å². The molecule has 14 heteroatoms. The van der Waals surface area contributed by atoms with Crippen molar-refractivity contribution in [3.05, 3.63) is 71.0 Å². The van der Waals surface area contributed by atoms with Crippen molar-refractivity contribution in [2.75, 3.05) is 20.7 Å². The molecule has 2 aromatic rings. The lowest BCUT2D eigenvalue weighted by molar-refractivity contribution is -0.179. The van der Waals surface area contributed by atoms with E-state index in [1.807, 2.05) is 19.2 Å². The fourth-order valence-corrected chi connectivity index (χ4v) is 7.58. The van der Waals surface area contributed by atoms with Gasteiger partial charge in [0.05, 0.1) is 37.4 Å². The molecule has 48 heavy (non-hydrogen) atoms. The van der Waals surface area contributed by atoms with E-state index in [2.05, 4.69) is 4.90 Å². The van der Waals surface area contributed by atoms with Crippen LogP contribution in [-0.2, 0) is 50.0 Å². The number of rotatable bonds is 12. The molecule has 1 spiro atoms. The van der Waals surface area contributed by atoms with Gasteiger partial charge < -0.3 is 43.9 Å². The maximum Gasteiger partial charge on any atom is 0.353 e. The summed E-state index contributed by atoms with van der Waals surface area (Å²) in [5.74, 6) is -5.01. The van der Waals surface area contributed by atoms with E-state index in [1.165, 1.54) is 19.2 Å². The summed E-state index contributed by atoms with van der Waals surface area (Å²) in [6.07, 6.45) is -3.47. The van der Waals surface area contributed by atoms with E-state index in [0.29, 0.717) is 30.9 Å². The average molecular weight is 666 g/mol. The van der Waals surface area contributed by atoms with Crippen molar-refractivity contribution in [2.24, 2.45) is 0 Å². The lowest BCUT2D eigenvalue weighted by atomic mass is 9.50. The van der Waals surface area contributed by atoms with Crippen LogP contribution < -0.4 is 9.47 Å². The lowest BCUT2D eigenvalue weighted by Crippen LogP contribution is -2.74. The maximum absolute atomic E-state index is 13.1. The number of methoxy groups -OCH3 is 1. The zero-order valence-corrected chi connectivity index (χ0v) is 26.2. The smallest absolute Gasteiger partial charge is 0.353 e. The zero-order valence-electron chi connectivity index (χ0n) is 26.2. The number of piperidine rings is 1. The van der Waals surface area contributed by atoms with Crippen LogP contribution in [0.4, 0.5) is 0 Å². The van der Waals surface area contributed by atoms with Gasteiger partial charge in [-0.25, -0.2) is 9.59 Å². The Balaban J connectivity index is 1.16. The number of carboxylic acids is 2. The maximum atomic E-state index is 13.1. The third-order valence-corrected chi connectivity index (χ3v) is 9.78. The Labute approximate surface area is 274 Å². The summed E-state index contributed by atoms with van der Waals surface area (Å²) in [5, 5.41) is 30.6. The number of aliphatic carboxylic acids is 2. The Morgan fingerprint density at radius 1 is 1.02 bits per heavy atom. The van der Waals surface area contributed by atoms with Crippen LogP contribution in [-0.4, -0.2) is 94.6 Å². The molecule has 0 amide bonds. The molecule has 6 rings (SSSR count). The molecule has 14 nitrogen and oxygen atoms in total. The van der Waals surface area contributed by atoms with Crippen LogP contribution in [0.5, 0.6) is 11.5 Å². The first-order valence-electron chi connectivity index (χ1n) is 15.5. The van der Waals surface area contributed by atoms with Gasteiger partial charge in [0.15, 0.2) is 17.6 Å². The highest BCUT2D eigenvalue weighted by Crippen LogP contribution is 2.65. The molecule has 0 unspecified atom stereocenters. The van der Waals surface area contributed by atoms with Crippen LogP contribution in [0.2, 0.25) is 0 Å². The number of carboxylic acid groups (broad SMARTS) is 2. The number of carbonyl (C=O) groups excluding carboxylic acids is 3. The highest BCUT2D eigenvalue weighted by Gasteiger charge is 2.72. The molecule has 2 aromatic carbocycles. The second-order valence-electron chi connectivity index (χ2n) is 12.4. The number of esters is 3. The lowest BCUT2D eigenvalue weighted by Gasteiger charge is -2.61. The summed E-state index contributed by atoms with van der Waals surface area (Å²) in [5.41, 5.74) is -0.0260. The molecule has 0 saturated carbocycles. The summed E-state index contributed by atoms with van der Waals surface area (Å²) in [6.45, 7) is 0.685. The Morgan fingerprint density at radius 2 is 1.75 bits per heavy atom. The second kappa shape index (κ2) is 12.6. The molecule has 6 atom stereocenters. The van der Waals surface area contributed by atoms with Crippen LogP contribution >= 0.6 is 0 Å². The Morgan fingerprint density at radius 3 is 2.44 bits per heavy atom. The molecule has 2 heterocycles. The van der Waals surface area contributed by atoms with Gasteiger partial charge in [-0.15, -0.1) is 0 Å². The van der Waals surface area contributed by atoms with Gasteiger partial charge in [-0.1, -0.05) is 36.4 Å². The molecular formula is C34H35NO13. The fraction of sp³-hybridized carbons (Fsp3) is 0.441. The van der Waals surface area contributed by atoms with Gasteiger partial charge >= 0.3 is 29.8 Å². The number of likely N-dealkylation sites (N-methyl/N-ethyl adjacent to an activating group) is 1. The molecular weight excluding hydrogens is 630 g/mol. The zero-order chi connectivity index (χ0) is 34.4. The number of carbonyl (C=O) groups is 5. The van der Waals surface area contributed by atoms with Gasteiger partial charge in [0, 0.05) is 23.6 Å². The number of aliphatic hydroxyl groups is 1. The average Bonchev–Trinajstić information content (AvgIpc) is 3.41. The van der Waals surface area contributed by atoms with E-state index in [-0.39, 0.29) is 23.8 Å². The summed E-state index contributed by atoms with van der Waals surface area (Å²) in [4.78, 5) is 63.6. The van der Waals surface area contributed by atoms with Crippen molar-refractivity contribution >= 4 is 29.8 Å². The predicted octanol–water partition coefficient (Wildman–Crippen LogP) is 2.05. The van der Waals surface area contributed by atoms with Gasteiger partial charge in [0.1, 0.15) is 5.76 Å². The van der Waals surface area contributed by atoms with Crippen molar-refractivity contribution in [3.63, 3.8) is 0 Å². The van der Waals surface area contributed by atoms with E-state index in [9.17, 15) is 34.2 Å². The van der Waals surface area contributed by atoms with Crippen LogP contribution in [0.3, 0.4) is 0 Å². The minimum atomic E-state index is -2.01. The van der Waals surface area contributed by atoms with Crippen molar-refractivity contribution in [3.8, 4) is 11.5 Å². The van der Waals surface area contributed by atoms with Crippen molar-refractivity contribution in [1.82, 2.24) is 4.90 Å². The number of nitrogens with zero attached hydrogens (tertiary/aromatic N) is 1. The molecule has 0 radical (unpaired) electrons. The minimum absolute atomic E-state index is 0.147. The quantitative estimate of drug-likeness (QED) is 0.220. The molecule has 1 fully saturated rings. The first kappa shape index (κ1) is 33.0. The third kappa shape index (κ3) is 5.44. The summed E-state index contributed by atoms with van der Waals surface area (Å²) >= 11 is 0. The number of hydrogen-bond donors (Lipinski definition) is 3. The predicted molar refractivity (Wildman–Crippen MR) is 162 cm³/mol. The molecule has 3 N–H and O–H groups in total. The number of likely N-dealkylation sites (tertiary alicyclic amines) is 1. The first-order chi connectivity index (χ1) is 22.9. The van der Waals surface area contributed by atoms with Crippen LogP contribution in [0.1, 0.15) is 54.9 Å². The molecule has 2 bridgehead atoms. The topological polar surface area (TPSA) is 195 Å². The Hall–Kier alpha value is -4.95. The number of hydrogen-bond acceptors (Lipinski definition) is 12. The van der Waals surface area contributed by atoms with Crippen molar-refractivity contribution in [2.45, 2.75) is 73.9 Å². The fourth-order valence-electron chi connectivity index (χ4n) is 7.58. The highest BCUT2D eigenvalue weighted by molar-refractivity contribution is 5.86. The number of ether oxygens (including phenoxy) is 5. The van der Waals surface area contributed by atoms with Gasteiger partial charge in [-0.05, 0) is 44.1 Å². The molecule has 1 saturated heterocycles. The van der Waals surface area contributed by atoms with E-state index in [4.69, 9.17) is 28.8 Å². The standard InChI is InChI=1S/C34H35NO13/c1-35-15-14-33-27-19-8-9-20(44-2)29(27)48-30(33)21(12-13-34(33,43)23(35)16-19)45-25(38)10-11-26(39)47-28(18-6-4-3-5-7-18)32(42)46-22(31(40)41)17-24(36)37/h3-9,12,22-23,28,30,43H,10-11,13-17H2,1-2H3,(H,36,37)(H,40,41)/t22-,23+,28+,30+,33+,34-/m1/s1. The van der Waals surface area contributed by atoms with E-state index >= 15 is 0 Å². The minimum Gasteiger partial charge on any atom is -0.493 e. The van der Waals surface area contributed by atoms with Gasteiger partial charge in [0.2, 0.25) is 12.2 Å². The largest absolute Gasteiger partial charge is 0.493 e. The van der Waals surface area contributed by atoms with Crippen LogP contribution in [0.25, 0.3) is 0 Å². The Kier molecular flexibility index (Phi) is 8.64. The van der Waals surface area contributed by atoms with Crippen LogP contribution in [0.15, 0.2) is 54.3 Å². The Bertz CT molecular complexity index is 1690. The third-order valence-electron chi connectivity index (χ3n) is 9.78. The highest BCUT2D eigenvalue weighted by atomic mass is 16.6. The summed E-state index contributed by atoms with van der Waals surface area (Å²) in [6, 6.07) is 11.2. The summed E-state index contributed by atoms with van der Waals surface area (Å²) in [7, 11) is 3.52. The van der Waals surface area contributed by atoms with Gasteiger partial charge in [-0.3, -0.25) is 14.4 Å². The van der Waals surface area contributed by atoms with Crippen molar-refractivity contribution in [1.29, 1.82) is 0 Å². The molecule has 0 aromatic heterocycles. The molecule has 4 aliphatic rings. The first-order valence-corrected chi connectivity index (χ1v) is 15.5. The van der Waals surface area contributed by atoms with Crippen molar-refractivity contribution < 1.29 is 63.0 Å². The van der Waals surface area contributed by atoms with Gasteiger partial charge in [0.25, 0.3) is 0 Å². The van der Waals surface area contributed by atoms with E-state index in [0.717, 1.165) is 11.1 Å². The number of benzene rings is 2. The normalized spacial score (nSPS) is 26.1. The molecule has 2 aliphatic heterocycles. The van der Waals surface area contributed by atoms with E-state index in [1.54, 1.807) is 24.3 Å². The monoisotopic (exact) mass is 665 g/mol. The van der Waals surface area contributed by atoms with Crippen LogP contribution in [0, 0.1) is 0 Å². The molecule has 254 valence electrons. The SMILES string of the molecule is COc1ccc2c3c1O[C@H]1C(OC(=O)CCC(=O)O[C@H](C(=O)O[C@H](CC(=O)O)C(=O)O)c4ccccc4)=CC[C@@]4(O)[C@H](C2)N(C)CC[C@]314. The molecule has 2 aliphatic carbocycles.